The Morgan fingerprint density at radius 2 is 1.69 bits per heavy atom. The van der Waals surface area contributed by atoms with E-state index in [0.717, 1.165) is 10.1 Å². The molecule has 0 aliphatic carbocycles. The van der Waals surface area contributed by atoms with Crippen molar-refractivity contribution in [2.75, 3.05) is 12.4 Å². The molecule has 11 nitrogen and oxygen atoms in total. The van der Waals surface area contributed by atoms with Crippen LogP contribution in [0.1, 0.15) is 5.56 Å². The molecule has 1 N–H and O–H groups in total. The van der Waals surface area contributed by atoms with Crippen LogP contribution in [0.4, 0.5) is 5.69 Å². The van der Waals surface area contributed by atoms with Crippen molar-refractivity contribution >= 4 is 32.8 Å². The summed E-state index contributed by atoms with van der Waals surface area (Å²) < 4.78 is 30.5. The number of aromatic nitrogens is 4. The van der Waals surface area contributed by atoms with E-state index in [9.17, 15) is 22.8 Å². The zero-order valence-electron chi connectivity index (χ0n) is 19.4. The van der Waals surface area contributed by atoms with Gasteiger partial charge in [0.2, 0.25) is 15.9 Å². The molecule has 0 radical (unpaired) electrons. The molecule has 0 aliphatic rings. The van der Waals surface area contributed by atoms with Gasteiger partial charge < -0.3 is 9.88 Å². The van der Waals surface area contributed by atoms with Gasteiger partial charge in [-0.25, -0.2) is 22.8 Å². The summed E-state index contributed by atoms with van der Waals surface area (Å²) in [6.45, 7) is -0.293. The molecule has 35 heavy (non-hydrogen) atoms. The third-order valence-electron chi connectivity index (χ3n) is 5.60. The fourth-order valence-corrected chi connectivity index (χ4v) is 4.85. The SMILES string of the molecule is CN(Cc1ccccc1)S(=O)(=O)c1ccc(NC(=O)Cn2c(=O)c3c(ncn3C)n(C)c2=O)cc1. The molecule has 1 amide bonds. The topological polar surface area (TPSA) is 128 Å². The number of amides is 1. The van der Waals surface area contributed by atoms with Crippen molar-refractivity contribution in [1.82, 2.24) is 23.0 Å². The van der Waals surface area contributed by atoms with Crippen LogP contribution in [0.5, 0.6) is 0 Å². The van der Waals surface area contributed by atoms with Gasteiger partial charge in [0.25, 0.3) is 5.56 Å². The van der Waals surface area contributed by atoms with Crippen molar-refractivity contribution in [3.8, 4) is 0 Å². The minimum atomic E-state index is -3.74. The van der Waals surface area contributed by atoms with Crippen molar-refractivity contribution in [3.05, 3.63) is 87.3 Å². The van der Waals surface area contributed by atoms with Crippen LogP contribution in [-0.2, 0) is 42.0 Å². The Morgan fingerprint density at radius 1 is 1.03 bits per heavy atom. The summed E-state index contributed by atoms with van der Waals surface area (Å²) in [5, 5.41) is 2.59. The third kappa shape index (κ3) is 4.66. The van der Waals surface area contributed by atoms with Crippen molar-refractivity contribution in [3.63, 3.8) is 0 Å². The number of hydrogen-bond donors (Lipinski definition) is 1. The molecule has 4 aromatic rings. The fourth-order valence-electron chi connectivity index (χ4n) is 3.70. The van der Waals surface area contributed by atoms with Gasteiger partial charge in [0.15, 0.2) is 11.2 Å². The Hall–Kier alpha value is -4.03. The monoisotopic (exact) mass is 496 g/mol. The van der Waals surface area contributed by atoms with Gasteiger partial charge in [-0.05, 0) is 29.8 Å². The van der Waals surface area contributed by atoms with E-state index in [4.69, 9.17) is 0 Å². The quantitative estimate of drug-likeness (QED) is 0.405. The van der Waals surface area contributed by atoms with E-state index in [1.807, 2.05) is 30.3 Å². The summed E-state index contributed by atoms with van der Waals surface area (Å²) in [7, 11) is 0.847. The molecule has 2 aromatic heterocycles. The van der Waals surface area contributed by atoms with Crippen LogP contribution in [-0.4, -0.2) is 44.4 Å². The number of rotatable bonds is 7. The summed E-state index contributed by atoms with van der Waals surface area (Å²) in [6, 6.07) is 14.9. The van der Waals surface area contributed by atoms with Crippen LogP contribution in [0, 0.1) is 0 Å². The molecular weight excluding hydrogens is 472 g/mol. The molecule has 0 saturated heterocycles. The number of aryl methyl sites for hydroxylation is 2. The van der Waals surface area contributed by atoms with Gasteiger partial charge in [0.1, 0.15) is 6.54 Å². The average Bonchev–Trinajstić information content (AvgIpc) is 3.23. The predicted octanol–water partition coefficient (Wildman–Crippen LogP) is 0.893. The van der Waals surface area contributed by atoms with E-state index in [0.29, 0.717) is 5.69 Å². The maximum Gasteiger partial charge on any atom is 0.332 e. The number of benzene rings is 2. The summed E-state index contributed by atoms with van der Waals surface area (Å²) in [4.78, 5) is 42.0. The maximum atomic E-state index is 12.9. The summed E-state index contributed by atoms with van der Waals surface area (Å²) >= 11 is 0. The number of nitrogens with zero attached hydrogens (tertiary/aromatic N) is 5. The van der Waals surface area contributed by atoms with Crippen molar-refractivity contribution in [2.24, 2.45) is 14.1 Å². The Labute approximate surface area is 200 Å². The highest BCUT2D eigenvalue weighted by molar-refractivity contribution is 7.89. The zero-order chi connectivity index (χ0) is 25.3. The summed E-state index contributed by atoms with van der Waals surface area (Å²) in [5.41, 5.74) is 0.321. The van der Waals surface area contributed by atoms with E-state index in [-0.39, 0.29) is 22.6 Å². The van der Waals surface area contributed by atoms with Crippen LogP contribution >= 0.6 is 0 Å². The Bertz CT molecular complexity index is 1620. The number of hydrogen-bond acceptors (Lipinski definition) is 6. The molecule has 0 aliphatic heterocycles. The molecule has 4 rings (SSSR count). The number of anilines is 1. The lowest BCUT2D eigenvalue weighted by atomic mass is 10.2. The third-order valence-corrected chi connectivity index (χ3v) is 7.41. The number of imidazole rings is 1. The Kier molecular flexibility index (Phi) is 6.41. The molecule has 2 aromatic carbocycles. The first-order chi connectivity index (χ1) is 16.6. The van der Waals surface area contributed by atoms with Crippen LogP contribution in [0.25, 0.3) is 11.2 Å². The van der Waals surface area contributed by atoms with E-state index in [1.165, 1.54) is 58.1 Å². The number of sulfonamides is 1. The lowest BCUT2D eigenvalue weighted by Crippen LogP contribution is -2.42. The lowest BCUT2D eigenvalue weighted by Gasteiger charge is -2.17. The highest BCUT2D eigenvalue weighted by atomic mass is 32.2. The average molecular weight is 497 g/mol. The van der Waals surface area contributed by atoms with Gasteiger partial charge in [-0.15, -0.1) is 0 Å². The Morgan fingerprint density at radius 3 is 2.34 bits per heavy atom. The second-order valence-corrected chi connectivity index (χ2v) is 10.1. The predicted molar refractivity (Wildman–Crippen MR) is 130 cm³/mol. The first kappa shape index (κ1) is 24.1. The molecule has 0 unspecified atom stereocenters. The summed E-state index contributed by atoms with van der Waals surface area (Å²) in [5.74, 6) is -0.609. The van der Waals surface area contributed by atoms with Crippen molar-refractivity contribution < 1.29 is 13.2 Å². The molecule has 0 atom stereocenters. The fraction of sp³-hybridized carbons (Fsp3) is 0.217. The van der Waals surface area contributed by atoms with Gasteiger partial charge >= 0.3 is 5.69 Å². The number of fused-ring (bicyclic) bond motifs is 1. The maximum absolute atomic E-state index is 12.9. The first-order valence-electron chi connectivity index (χ1n) is 10.6. The minimum Gasteiger partial charge on any atom is -0.328 e. The molecule has 0 spiro atoms. The second kappa shape index (κ2) is 9.31. The van der Waals surface area contributed by atoms with E-state index >= 15 is 0 Å². The standard InChI is InChI=1S/C23H24N6O5S/c1-26-15-24-21-20(26)22(31)29(23(32)28(21)3)14-19(30)25-17-9-11-18(12-10-17)35(33,34)27(2)13-16-7-5-4-6-8-16/h4-12,15H,13-14H2,1-3H3,(H,25,30). The van der Waals surface area contributed by atoms with E-state index in [1.54, 1.807) is 7.05 Å². The minimum absolute atomic E-state index is 0.0701. The first-order valence-corrected chi connectivity index (χ1v) is 12.0. The number of carbonyl (C=O) groups excluding carboxylic acids is 1. The van der Waals surface area contributed by atoms with Gasteiger partial charge in [0.05, 0.1) is 11.2 Å². The largest absolute Gasteiger partial charge is 0.332 e. The zero-order valence-corrected chi connectivity index (χ0v) is 20.2. The van der Waals surface area contributed by atoms with Crippen molar-refractivity contribution in [2.45, 2.75) is 18.0 Å². The smallest absolute Gasteiger partial charge is 0.328 e. The molecular formula is C23H24N6O5S. The Balaban J connectivity index is 1.49. The molecule has 2 heterocycles. The molecule has 0 fully saturated rings. The molecule has 0 saturated carbocycles. The van der Waals surface area contributed by atoms with E-state index in [2.05, 4.69) is 10.3 Å². The van der Waals surface area contributed by atoms with E-state index < -0.39 is 33.7 Å². The van der Waals surface area contributed by atoms with Gasteiger partial charge in [0, 0.05) is 33.4 Å². The molecule has 182 valence electrons. The van der Waals surface area contributed by atoms with Crippen LogP contribution in [0.15, 0.2) is 75.4 Å². The van der Waals surface area contributed by atoms with Gasteiger partial charge in [-0.2, -0.15) is 4.31 Å². The summed E-state index contributed by atoms with van der Waals surface area (Å²) in [6.07, 6.45) is 1.42. The van der Waals surface area contributed by atoms with Gasteiger partial charge in [-0.1, -0.05) is 30.3 Å². The number of carbonyl (C=O) groups is 1. The highest BCUT2D eigenvalue weighted by Crippen LogP contribution is 2.19. The highest BCUT2D eigenvalue weighted by Gasteiger charge is 2.21. The van der Waals surface area contributed by atoms with Crippen molar-refractivity contribution in [1.29, 1.82) is 0 Å². The van der Waals surface area contributed by atoms with Gasteiger partial charge in [-0.3, -0.25) is 14.2 Å². The number of nitrogens with one attached hydrogen (secondary N) is 1. The van der Waals surface area contributed by atoms with Crippen LogP contribution in [0.3, 0.4) is 0 Å². The normalized spacial score (nSPS) is 11.8. The van der Waals surface area contributed by atoms with Crippen LogP contribution in [0.2, 0.25) is 0 Å². The molecule has 12 heteroatoms. The lowest BCUT2D eigenvalue weighted by molar-refractivity contribution is -0.116. The molecule has 0 bridgehead atoms. The van der Waals surface area contributed by atoms with Crippen LogP contribution < -0.4 is 16.6 Å². The second-order valence-electron chi connectivity index (χ2n) is 8.08.